The van der Waals surface area contributed by atoms with Crippen molar-refractivity contribution in [2.24, 2.45) is 0 Å². The Morgan fingerprint density at radius 3 is 1.85 bits per heavy atom. The molecule has 0 unspecified atom stereocenters. The smallest absolute Gasteiger partial charge is 0.119 e. The van der Waals surface area contributed by atoms with E-state index in [1.165, 1.54) is 44.1 Å². The Labute approximate surface area is 170 Å². The van der Waals surface area contributed by atoms with Crippen LogP contribution in [-0.2, 0) is 20.6 Å². The number of aryl methyl sites for hydroxylation is 1. The van der Waals surface area contributed by atoms with Crippen molar-refractivity contribution in [1.29, 1.82) is 0 Å². The minimum absolute atomic E-state index is 0.519. The zero-order valence-corrected chi connectivity index (χ0v) is 17.7. The fraction of sp³-hybridized carbons (Fsp3) is 0.727. The molecule has 1 aromatic carbocycles. The number of ether oxygens (including phenoxy) is 4. The Morgan fingerprint density at radius 1 is 0.667 bits per heavy atom. The summed E-state index contributed by atoms with van der Waals surface area (Å²) >= 11 is 5.51. The van der Waals surface area contributed by atoms with Crippen LogP contribution in [0.15, 0.2) is 24.3 Å². The van der Waals surface area contributed by atoms with E-state index in [2.05, 4.69) is 31.2 Å². The Bertz CT molecular complexity index is 425. The topological polar surface area (TPSA) is 36.9 Å². The number of alkyl halides is 1. The van der Waals surface area contributed by atoms with Crippen LogP contribution in [0.1, 0.15) is 51.0 Å². The average molecular weight is 401 g/mol. The molecule has 0 spiro atoms. The molecule has 1 aromatic rings. The predicted octanol–water partition coefficient (Wildman–Crippen LogP) is 5.26. The second-order valence-electron chi connectivity index (χ2n) is 6.54. The highest BCUT2D eigenvalue weighted by Crippen LogP contribution is 2.15. The van der Waals surface area contributed by atoms with Crippen molar-refractivity contribution in [3.63, 3.8) is 0 Å². The zero-order valence-electron chi connectivity index (χ0n) is 16.9. The first-order valence-corrected chi connectivity index (χ1v) is 10.9. The van der Waals surface area contributed by atoms with Crippen LogP contribution in [0, 0.1) is 0 Å². The minimum Gasteiger partial charge on any atom is -0.491 e. The first-order chi connectivity index (χ1) is 13.4. The molecule has 0 bridgehead atoms. The Hall–Kier alpha value is -0.810. The van der Waals surface area contributed by atoms with Gasteiger partial charge < -0.3 is 18.9 Å². The van der Waals surface area contributed by atoms with Gasteiger partial charge in [0.1, 0.15) is 12.4 Å². The lowest BCUT2D eigenvalue weighted by Crippen LogP contribution is -2.13. The third-order valence-corrected chi connectivity index (χ3v) is 4.36. The molecule has 0 aromatic heterocycles. The largest absolute Gasteiger partial charge is 0.491 e. The van der Waals surface area contributed by atoms with Crippen molar-refractivity contribution in [3.8, 4) is 5.75 Å². The Morgan fingerprint density at radius 2 is 1.22 bits per heavy atom. The standard InChI is InChI=1S/C22H37ClO4/c1-2-3-4-5-6-7-8-21-9-11-22(12-10-21)27-20-19-26-18-17-25-16-15-24-14-13-23/h9-12H,2-8,13-20H2,1H3. The second kappa shape index (κ2) is 18.5. The van der Waals surface area contributed by atoms with E-state index in [0.717, 1.165) is 12.2 Å². The number of hydrogen-bond acceptors (Lipinski definition) is 4. The lowest BCUT2D eigenvalue weighted by molar-refractivity contribution is 0.0117. The van der Waals surface area contributed by atoms with E-state index in [0.29, 0.717) is 52.1 Å². The second-order valence-corrected chi connectivity index (χ2v) is 6.91. The third kappa shape index (κ3) is 14.9. The summed E-state index contributed by atoms with van der Waals surface area (Å²) in [5.74, 6) is 1.42. The quantitative estimate of drug-likeness (QED) is 0.234. The van der Waals surface area contributed by atoms with E-state index < -0.39 is 0 Å². The molecule has 0 fully saturated rings. The van der Waals surface area contributed by atoms with E-state index in [4.69, 9.17) is 30.5 Å². The molecule has 0 aliphatic carbocycles. The van der Waals surface area contributed by atoms with E-state index in [1.807, 2.05) is 0 Å². The van der Waals surface area contributed by atoms with Crippen LogP contribution >= 0.6 is 11.6 Å². The summed E-state index contributed by atoms with van der Waals surface area (Å²) in [5, 5.41) is 0. The van der Waals surface area contributed by atoms with Crippen molar-refractivity contribution in [3.05, 3.63) is 29.8 Å². The zero-order chi connectivity index (χ0) is 19.4. The molecule has 0 heterocycles. The maximum Gasteiger partial charge on any atom is 0.119 e. The predicted molar refractivity (Wildman–Crippen MR) is 112 cm³/mol. The summed E-state index contributed by atoms with van der Waals surface area (Å²) in [7, 11) is 0. The third-order valence-electron chi connectivity index (χ3n) is 4.20. The molecule has 0 aliphatic heterocycles. The lowest BCUT2D eigenvalue weighted by atomic mass is 10.0. The van der Waals surface area contributed by atoms with Gasteiger partial charge >= 0.3 is 0 Å². The monoisotopic (exact) mass is 400 g/mol. The maximum absolute atomic E-state index is 5.70. The molecule has 27 heavy (non-hydrogen) atoms. The Kier molecular flexibility index (Phi) is 16.6. The minimum atomic E-state index is 0.519. The van der Waals surface area contributed by atoms with Gasteiger partial charge in [-0.25, -0.2) is 0 Å². The molecule has 0 amide bonds. The summed E-state index contributed by atoms with van der Waals surface area (Å²) in [5.41, 5.74) is 1.39. The van der Waals surface area contributed by atoms with Crippen molar-refractivity contribution < 1.29 is 18.9 Å². The molecule has 0 saturated heterocycles. The molecular weight excluding hydrogens is 364 g/mol. The highest BCUT2D eigenvalue weighted by atomic mass is 35.5. The van der Waals surface area contributed by atoms with Gasteiger partial charge in [0, 0.05) is 5.88 Å². The highest BCUT2D eigenvalue weighted by Gasteiger charge is 1.98. The number of hydrogen-bond donors (Lipinski definition) is 0. The molecule has 0 atom stereocenters. The molecule has 5 heteroatoms. The van der Waals surface area contributed by atoms with Crippen LogP contribution < -0.4 is 4.74 Å². The molecular formula is C22H37ClO4. The van der Waals surface area contributed by atoms with Crippen molar-refractivity contribution in [2.45, 2.75) is 51.9 Å². The van der Waals surface area contributed by atoms with Crippen LogP contribution in [0.25, 0.3) is 0 Å². The summed E-state index contributed by atoms with van der Waals surface area (Å²) < 4.78 is 21.8. The van der Waals surface area contributed by atoms with Gasteiger partial charge in [-0.15, -0.1) is 11.6 Å². The number of halogens is 1. The van der Waals surface area contributed by atoms with Crippen LogP contribution in [0.2, 0.25) is 0 Å². The fourth-order valence-electron chi connectivity index (χ4n) is 2.68. The van der Waals surface area contributed by atoms with Gasteiger partial charge in [-0.05, 0) is 30.5 Å². The van der Waals surface area contributed by atoms with Crippen LogP contribution in [0.4, 0.5) is 0 Å². The van der Waals surface area contributed by atoms with E-state index in [1.54, 1.807) is 0 Å². The molecule has 0 saturated carbocycles. The van der Waals surface area contributed by atoms with Crippen molar-refractivity contribution in [1.82, 2.24) is 0 Å². The normalized spacial score (nSPS) is 11.0. The maximum atomic E-state index is 5.70. The summed E-state index contributed by atoms with van der Waals surface area (Å²) in [4.78, 5) is 0. The first kappa shape index (κ1) is 24.2. The van der Waals surface area contributed by atoms with Gasteiger partial charge in [0.25, 0.3) is 0 Å². The summed E-state index contributed by atoms with van der Waals surface area (Å²) in [6, 6.07) is 8.44. The van der Waals surface area contributed by atoms with E-state index in [9.17, 15) is 0 Å². The molecule has 0 aliphatic rings. The number of unbranched alkanes of at least 4 members (excludes halogenated alkanes) is 5. The fourth-order valence-corrected chi connectivity index (χ4v) is 2.79. The first-order valence-electron chi connectivity index (χ1n) is 10.4. The van der Waals surface area contributed by atoms with Gasteiger partial charge in [0.15, 0.2) is 0 Å². The van der Waals surface area contributed by atoms with Crippen LogP contribution in [0.5, 0.6) is 5.75 Å². The number of rotatable bonds is 19. The van der Waals surface area contributed by atoms with E-state index in [-0.39, 0.29) is 0 Å². The van der Waals surface area contributed by atoms with Gasteiger partial charge in [-0.3, -0.25) is 0 Å². The summed E-state index contributed by atoms with van der Waals surface area (Å²) in [6.07, 6.45) is 9.19. The van der Waals surface area contributed by atoms with E-state index >= 15 is 0 Å². The molecule has 0 N–H and O–H groups in total. The molecule has 0 radical (unpaired) electrons. The van der Waals surface area contributed by atoms with Gasteiger partial charge in [-0.1, -0.05) is 51.2 Å². The van der Waals surface area contributed by atoms with Crippen LogP contribution in [-0.4, -0.2) is 52.1 Å². The lowest BCUT2D eigenvalue weighted by Gasteiger charge is -2.09. The van der Waals surface area contributed by atoms with Gasteiger partial charge in [0.2, 0.25) is 0 Å². The Balaban J connectivity index is 1.94. The van der Waals surface area contributed by atoms with Gasteiger partial charge in [0.05, 0.1) is 39.6 Å². The summed E-state index contributed by atoms with van der Waals surface area (Å²) in [6.45, 7) is 6.22. The van der Waals surface area contributed by atoms with Gasteiger partial charge in [-0.2, -0.15) is 0 Å². The highest BCUT2D eigenvalue weighted by molar-refractivity contribution is 6.17. The van der Waals surface area contributed by atoms with Crippen molar-refractivity contribution in [2.75, 3.05) is 52.1 Å². The van der Waals surface area contributed by atoms with Crippen molar-refractivity contribution >= 4 is 11.6 Å². The van der Waals surface area contributed by atoms with Crippen LogP contribution in [0.3, 0.4) is 0 Å². The SMILES string of the molecule is CCCCCCCCc1ccc(OCCOCCOCCOCCCl)cc1. The average Bonchev–Trinajstić information content (AvgIpc) is 2.70. The molecule has 4 nitrogen and oxygen atoms in total. The molecule has 156 valence electrons. The number of benzene rings is 1. The molecule has 1 rings (SSSR count).